The van der Waals surface area contributed by atoms with Crippen molar-refractivity contribution in [2.45, 2.75) is 25.9 Å². The van der Waals surface area contributed by atoms with Gasteiger partial charge in [-0.25, -0.2) is 0 Å². The molecule has 3 N–H and O–H groups in total. The van der Waals surface area contributed by atoms with Gasteiger partial charge in [0.2, 0.25) is 0 Å². The molecule has 1 aliphatic heterocycles. The zero-order chi connectivity index (χ0) is 22.8. The fourth-order valence-electron chi connectivity index (χ4n) is 4.11. The SMILES string of the molecule is [B]NC[C@@H](C=O)NC(=O)c1c(Cl)cc2c(c1C)CCN(C(=O)c1ccc3cn[nH]c3c1)C2. The van der Waals surface area contributed by atoms with Crippen LogP contribution in [0, 0.1) is 6.92 Å². The molecular weight excluding hydrogens is 429 g/mol. The fraction of sp³-hybridized carbons (Fsp3) is 0.273. The number of fused-ring (bicyclic) bond motifs is 2. The number of halogens is 1. The van der Waals surface area contributed by atoms with Gasteiger partial charge in [0.15, 0.2) is 7.98 Å². The molecule has 0 saturated heterocycles. The van der Waals surface area contributed by atoms with Crippen LogP contribution in [0.4, 0.5) is 0 Å². The number of amides is 2. The maximum absolute atomic E-state index is 13.1. The summed E-state index contributed by atoms with van der Waals surface area (Å²) in [5.74, 6) is -0.514. The standard InChI is InChI=1S/C22H21BClN5O3/c1-12-17-4-5-29(22(32)13-2-3-14-8-26-28-19(14)7-13)10-15(17)6-18(24)20(12)21(31)27-16(11-30)9-25-23/h2-3,6-8,11,16,25H,4-5,9-10H2,1H3,(H,26,28)(H,27,31)/t16-/m0/s1. The fourth-order valence-corrected chi connectivity index (χ4v) is 4.47. The first-order valence-corrected chi connectivity index (χ1v) is 10.5. The number of aromatic amines is 1. The van der Waals surface area contributed by atoms with E-state index in [1.165, 1.54) is 0 Å². The van der Waals surface area contributed by atoms with E-state index in [-0.39, 0.29) is 17.5 Å². The number of rotatable bonds is 6. The second-order valence-electron chi connectivity index (χ2n) is 7.77. The van der Waals surface area contributed by atoms with Gasteiger partial charge >= 0.3 is 0 Å². The minimum Gasteiger partial charge on any atom is -0.364 e. The lowest BCUT2D eigenvalue weighted by Crippen LogP contribution is -2.43. The van der Waals surface area contributed by atoms with Gasteiger partial charge in [-0.05, 0) is 48.2 Å². The number of benzene rings is 2. The minimum atomic E-state index is -0.765. The van der Waals surface area contributed by atoms with E-state index < -0.39 is 11.9 Å². The molecule has 1 aliphatic rings. The number of H-pyrrole nitrogens is 1. The van der Waals surface area contributed by atoms with E-state index in [2.05, 4.69) is 20.7 Å². The van der Waals surface area contributed by atoms with Gasteiger partial charge in [0.25, 0.3) is 11.8 Å². The number of hydrogen-bond acceptors (Lipinski definition) is 5. The Balaban J connectivity index is 1.57. The van der Waals surface area contributed by atoms with E-state index in [1.54, 1.807) is 29.3 Å². The van der Waals surface area contributed by atoms with E-state index in [1.807, 2.05) is 13.0 Å². The molecule has 0 fully saturated rings. The Labute approximate surface area is 191 Å². The van der Waals surface area contributed by atoms with E-state index >= 15 is 0 Å². The molecule has 2 heterocycles. The van der Waals surface area contributed by atoms with E-state index in [0.29, 0.717) is 36.9 Å². The number of hydrogen-bond donors (Lipinski definition) is 3. The first-order valence-electron chi connectivity index (χ1n) is 10.2. The van der Waals surface area contributed by atoms with Crippen molar-refractivity contribution < 1.29 is 14.4 Å². The Morgan fingerprint density at radius 3 is 2.94 bits per heavy atom. The molecule has 0 unspecified atom stereocenters. The molecule has 2 aromatic carbocycles. The maximum Gasteiger partial charge on any atom is 0.254 e. The Hall–Kier alpha value is -3.17. The van der Waals surface area contributed by atoms with Gasteiger partial charge in [-0.1, -0.05) is 17.7 Å². The molecule has 8 nitrogen and oxygen atoms in total. The number of carbonyl (C=O) groups excluding carboxylic acids is 3. The van der Waals surface area contributed by atoms with Gasteiger partial charge in [0, 0.05) is 30.6 Å². The van der Waals surface area contributed by atoms with E-state index in [9.17, 15) is 14.4 Å². The van der Waals surface area contributed by atoms with Crippen LogP contribution in [0.15, 0.2) is 30.5 Å². The van der Waals surface area contributed by atoms with Gasteiger partial charge < -0.3 is 20.2 Å². The minimum absolute atomic E-state index is 0.0779. The number of aromatic nitrogens is 2. The quantitative estimate of drug-likeness (QED) is 0.392. The van der Waals surface area contributed by atoms with Gasteiger partial charge in [-0.2, -0.15) is 5.10 Å². The molecule has 4 rings (SSSR count). The lowest BCUT2D eigenvalue weighted by molar-refractivity contribution is -0.109. The maximum atomic E-state index is 13.1. The highest BCUT2D eigenvalue weighted by molar-refractivity contribution is 6.34. The molecule has 1 atom stereocenters. The number of nitrogens with one attached hydrogen (secondary N) is 3. The third kappa shape index (κ3) is 4.13. The molecule has 162 valence electrons. The Kier molecular flexibility index (Phi) is 6.29. The Morgan fingerprint density at radius 1 is 1.38 bits per heavy atom. The second kappa shape index (κ2) is 9.14. The molecule has 0 bridgehead atoms. The highest BCUT2D eigenvalue weighted by Gasteiger charge is 2.27. The molecule has 0 saturated carbocycles. The number of aldehydes is 1. The van der Waals surface area contributed by atoms with Gasteiger partial charge in [-0.3, -0.25) is 14.7 Å². The summed E-state index contributed by atoms with van der Waals surface area (Å²) in [7, 11) is 5.25. The first-order chi connectivity index (χ1) is 15.4. The zero-order valence-corrected chi connectivity index (χ0v) is 18.2. The third-order valence-electron chi connectivity index (χ3n) is 5.77. The summed E-state index contributed by atoms with van der Waals surface area (Å²) in [6.45, 7) is 2.86. The van der Waals surface area contributed by atoms with Gasteiger partial charge in [-0.15, -0.1) is 0 Å². The van der Waals surface area contributed by atoms with Crippen LogP contribution in [0.1, 0.15) is 37.4 Å². The van der Waals surface area contributed by atoms with Crippen LogP contribution >= 0.6 is 11.6 Å². The summed E-state index contributed by atoms with van der Waals surface area (Å²) < 4.78 is 0. The van der Waals surface area contributed by atoms with Crippen LogP contribution in [0.5, 0.6) is 0 Å². The second-order valence-corrected chi connectivity index (χ2v) is 8.18. The molecule has 0 spiro atoms. The Morgan fingerprint density at radius 2 is 2.19 bits per heavy atom. The van der Waals surface area contributed by atoms with Crippen molar-refractivity contribution in [2.75, 3.05) is 13.1 Å². The summed E-state index contributed by atoms with van der Waals surface area (Å²) in [6, 6.07) is 6.42. The van der Waals surface area contributed by atoms with Crippen LogP contribution < -0.4 is 10.5 Å². The highest BCUT2D eigenvalue weighted by Crippen LogP contribution is 2.31. The summed E-state index contributed by atoms with van der Waals surface area (Å²) in [5.41, 5.74) is 4.37. The van der Waals surface area contributed by atoms with Crippen molar-refractivity contribution in [1.29, 1.82) is 0 Å². The third-order valence-corrected chi connectivity index (χ3v) is 6.07. The molecular formula is C22H21BClN5O3. The summed E-state index contributed by atoms with van der Waals surface area (Å²) in [5, 5.41) is 13.1. The van der Waals surface area contributed by atoms with Crippen LogP contribution in [-0.4, -0.2) is 60.3 Å². The monoisotopic (exact) mass is 449 g/mol. The lowest BCUT2D eigenvalue weighted by atomic mass is 9.91. The van der Waals surface area contributed by atoms with Crippen LogP contribution in [0.2, 0.25) is 5.02 Å². The van der Waals surface area contributed by atoms with Crippen molar-refractivity contribution in [2.24, 2.45) is 0 Å². The smallest absolute Gasteiger partial charge is 0.254 e. The van der Waals surface area contributed by atoms with Crippen molar-refractivity contribution in [3.05, 3.63) is 63.3 Å². The van der Waals surface area contributed by atoms with Gasteiger partial charge in [0.1, 0.15) is 6.29 Å². The molecule has 10 heteroatoms. The molecule has 3 aromatic rings. The van der Waals surface area contributed by atoms with Crippen LogP contribution in [-0.2, 0) is 17.8 Å². The Bertz CT molecular complexity index is 1210. The van der Waals surface area contributed by atoms with Crippen molar-refractivity contribution in [3.63, 3.8) is 0 Å². The summed E-state index contributed by atoms with van der Waals surface area (Å²) in [4.78, 5) is 38.8. The predicted molar refractivity (Wildman–Crippen MR) is 122 cm³/mol. The summed E-state index contributed by atoms with van der Waals surface area (Å²) in [6.07, 6.45) is 2.92. The number of nitrogens with zero attached hydrogens (tertiary/aromatic N) is 2. The molecule has 0 aliphatic carbocycles. The summed E-state index contributed by atoms with van der Waals surface area (Å²) >= 11 is 6.46. The van der Waals surface area contributed by atoms with E-state index in [0.717, 1.165) is 27.6 Å². The van der Waals surface area contributed by atoms with Crippen molar-refractivity contribution in [1.82, 2.24) is 25.6 Å². The molecule has 2 amide bonds. The van der Waals surface area contributed by atoms with Crippen molar-refractivity contribution in [3.8, 4) is 0 Å². The molecule has 1 aromatic heterocycles. The largest absolute Gasteiger partial charge is 0.364 e. The average Bonchev–Trinajstić information content (AvgIpc) is 3.25. The average molecular weight is 450 g/mol. The molecule has 32 heavy (non-hydrogen) atoms. The normalized spacial score (nSPS) is 14.1. The predicted octanol–water partition coefficient (Wildman–Crippen LogP) is 1.69. The van der Waals surface area contributed by atoms with Crippen LogP contribution in [0.25, 0.3) is 10.9 Å². The highest BCUT2D eigenvalue weighted by atomic mass is 35.5. The topological polar surface area (TPSA) is 107 Å². The van der Waals surface area contributed by atoms with Gasteiger partial charge in [0.05, 0.1) is 28.3 Å². The lowest BCUT2D eigenvalue weighted by Gasteiger charge is -2.31. The van der Waals surface area contributed by atoms with Crippen LogP contribution in [0.3, 0.4) is 0 Å². The molecule has 2 radical (unpaired) electrons. The van der Waals surface area contributed by atoms with E-state index in [4.69, 9.17) is 19.6 Å². The van der Waals surface area contributed by atoms with Crippen molar-refractivity contribution >= 4 is 48.6 Å². The number of carbonyl (C=O) groups is 3. The zero-order valence-electron chi connectivity index (χ0n) is 17.4. The first kappa shape index (κ1) is 22.0.